The largest absolute Gasteiger partial charge is 0.462 e. The Labute approximate surface area is 251 Å². The lowest BCUT2D eigenvalue weighted by atomic mass is 9.87. The van der Waals surface area contributed by atoms with Crippen LogP contribution in [0.25, 0.3) is 0 Å². The molecule has 0 amide bonds. The molecular formula is C32H55IO6. The Morgan fingerprint density at radius 2 is 1.28 bits per heavy atom. The number of unbranched alkanes of at least 4 members (excludes halogenated alkanes) is 12. The van der Waals surface area contributed by atoms with Crippen LogP contribution in [-0.4, -0.2) is 40.6 Å². The maximum absolute atomic E-state index is 11.9. The first-order chi connectivity index (χ1) is 18.8. The molecule has 0 saturated heterocycles. The number of hydrogen-bond acceptors (Lipinski definition) is 6. The minimum atomic E-state index is -0.349. The molecule has 7 heteroatoms. The Bertz CT molecular complexity index is 709. The molecule has 0 aromatic heterocycles. The van der Waals surface area contributed by atoms with Crippen molar-refractivity contribution in [3.63, 3.8) is 0 Å². The zero-order valence-electron chi connectivity index (χ0n) is 25.1. The van der Waals surface area contributed by atoms with Crippen molar-refractivity contribution < 1.29 is 28.6 Å². The summed E-state index contributed by atoms with van der Waals surface area (Å²) >= 11 is 2.41. The molecule has 1 fully saturated rings. The summed E-state index contributed by atoms with van der Waals surface area (Å²) in [5, 5.41) is 0. The van der Waals surface area contributed by atoms with Gasteiger partial charge in [0.15, 0.2) is 0 Å². The second-order valence-electron chi connectivity index (χ2n) is 11.2. The molecule has 1 saturated carbocycles. The molecule has 6 nitrogen and oxygen atoms in total. The van der Waals surface area contributed by atoms with E-state index in [1.807, 2.05) is 6.08 Å². The Morgan fingerprint density at radius 1 is 0.744 bits per heavy atom. The van der Waals surface area contributed by atoms with Crippen LogP contribution in [0.1, 0.15) is 137 Å². The van der Waals surface area contributed by atoms with Crippen molar-refractivity contribution in [3.8, 4) is 0 Å². The Morgan fingerprint density at radius 3 is 1.85 bits per heavy atom. The number of ether oxygens (including phenoxy) is 3. The first-order valence-electron chi connectivity index (χ1n) is 15.5. The van der Waals surface area contributed by atoms with Gasteiger partial charge in [0.25, 0.3) is 0 Å². The summed E-state index contributed by atoms with van der Waals surface area (Å²) in [5.41, 5.74) is 0. The fraction of sp³-hybridized carbons (Fsp3) is 0.844. The van der Waals surface area contributed by atoms with Gasteiger partial charge in [-0.15, -0.1) is 0 Å². The minimum absolute atomic E-state index is 0.0735. The van der Waals surface area contributed by atoms with Crippen LogP contribution in [0.2, 0.25) is 0 Å². The highest BCUT2D eigenvalue weighted by atomic mass is 127. The van der Waals surface area contributed by atoms with Crippen LogP contribution in [0, 0.1) is 11.8 Å². The van der Waals surface area contributed by atoms with Crippen molar-refractivity contribution >= 4 is 40.5 Å². The van der Waals surface area contributed by atoms with Gasteiger partial charge in [0.05, 0.1) is 0 Å². The Hall–Kier alpha value is -1.12. The molecule has 1 aliphatic rings. The average Bonchev–Trinajstić information content (AvgIpc) is 3.17. The molecule has 0 heterocycles. The summed E-state index contributed by atoms with van der Waals surface area (Å²) in [7, 11) is 0. The molecule has 39 heavy (non-hydrogen) atoms. The number of esters is 3. The van der Waals surface area contributed by atoms with E-state index >= 15 is 0 Å². The highest BCUT2D eigenvalue weighted by Crippen LogP contribution is 2.41. The van der Waals surface area contributed by atoms with Gasteiger partial charge in [0, 0.05) is 39.0 Å². The number of hydrogen-bond donors (Lipinski definition) is 0. The number of carbonyl (C=O) groups excluding carboxylic acids is 3. The monoisotopic (exact) mass is 662 g/mol. The van der Waals surface area contributed by atoms with Gasteiger partial charge < -0.3 is 14.2 Å². The quantitative estimate of drug-likeness (QED) is 0.0288. The van der Waals surface area contributed by atoms with Gasteiger partial charge >= 0.3 is 17.9 Å². The van der Waals surface area contributed by atoms with E-state index in [1.165, 1.54) is 85.0 Å². The van der Waals surface area contributed by atoms with Gasteiger partial charge in [-0.1, -0.05) is 113 Å². The fourth-order valence-electron chi connectivity index (χ4n) is 5.74. The van der Waals surface area contributed by atoms with Crippen LogP contribution in [0.4, 0.5) is 0 Å². The summed E-state index contributed by atoms with van der Waals surface area (Å²) in [6.45, 7) is 6.56. The van der Waals surface area contributed by atoms with Gasteiger partial charge in [0.2, 0.25) is 0 Å². The summed E-state index contributed by atoms with van der Waals surface area (Å²) in [4.78, 5) is 35.6. The van der Waals surface area contributed by atoms with E-state index in [1.54, 1.807) is 0 Å². The first kappa shape index (κ1) is 35.9. The molecule has 0 aromatic rings. The molecule has 0 spiro atoms. The molecule has 1 rings (SSSR count). The van der Waals surface area contributed by atoms with Gasteiger partial charge in [-0.25, -0.2) is 0 Å². The van der Waals surface area contributed by atoms with Gasteiger partial charge in [0.1, 0.15) is 18.3 Å². The van der Waals surface area contributed by atoms with Crippen LogP contribution in [0.5, 0.6) is 0 Å². The molecular weight excluding hydrogens is 607 g/mol. The first-order valence-corrected chi connectivity index (χ1v) is 17.1. The molecule has 226 valence electrons. The van der Waals surface area contributed by atoms with Crippen molar-refractivity contribution in [3.05, 3.63) is 12.2 Å². The van der Waals surface area contributed by atoms with Gasteiger partial charge in [-0.2, -0.15) is 0 Å². The van der Waals surface area contributed by atoms with Crippen LogP contribution < -0.4 is 0 Å². The summed E-state index contributed by atoms with van der Waals surface area (Å²) in [6.07, 6.45) is 22.5. The van der Waals surface area contributed by atoms with E-state index < -0.39 is 0 Å². The van der Waals surface area contributed by atoms with Crippen LogP contribution in [0.3, 0.4) is 0 Å². The predicted octanol–water partition coefficient (Wildman–Crippen LogP) is 8.67. The number of rotatable bonds is 22. The van der Waals surface area contributed by atoms with Gasteiger partial charge in [-0.3, -0.25) is 14.4 Å². The zero-order valence-corrected chi connectivity index (χ0v) is 27.3. The van der Waals surface area contributed by atoms with E-state index in [-0.39, 0.29) is 48.1 Å². The second kappa shape index (κ2) is 22.6. The fourth-order valence-corrected chi connectivity index (χ4v) is 6.28. The molecule has 0 unspecified atom stereocenters. The third-order valence-corrected chi connectivity index (χ3v) is 8.39. The summed E-state index contributed by atoms with van der Waals surface area (Å²) in [5.74, 6) is -0.924. The highest BCUT2D eigenvalue weighted by Gasteiger charge is 2.45. The lowest BCUT2D eigenvalue weighted by Crippen LogP contribution is -2.26. The van der Waals surface area contributed by atoms with Crippen LogP contribution >= 0.6 is 22.6 Å². The molecule has 0 N–H and O–H groups in total. The standard InChI is InChI=1S/C32H55IO6/c1-5-6-7-8-9-10-11-12-13-16-19-28(37-25(2)34)21-22-30-29(20-17-14-15-18-23-33)31(38-26(3)35)24-32(30)39-27(4)36/h21-22,28-32H,5-20,23-24H2,1-4H3/b22-21+/t28-,29+,30+,31-,32+/m0/s1. The van der Waals surface area contributed by atoms with E-state index in [4.69, 9.17) is 14.2 Å². The normalized spacial score (nSPS) is 21.7. The summed E-state index contributed by atoms with van der Waals surface area (Å²) < 4.78 is 18.2. The van der Waals surface area contributed by atoms with E-state index in [2.05, 4.69) is 35.6 Å². The van der Waals surface area contributed by atoms with Crippen molar-refractivity contribution in [2.24, 2.45) is 11.8 Å². The van der Waals surface area contributed by atoms with E-state index in [9.17, 15) is 14.4 Å². The Kier molecular flexibility index (Phi) is 20.8. The zero-order chi connectivity index (χ0) is 28.9. The maximum atomic E-state index is 11.9. The van der Waals surface area contributed by atoms with E-state index in [0.717, 1.165) is 43.0 Å². The topological polar surface area (TPSA) is 78.9 Å². The van der Waals surface area contributed by atoms with Crippen molar-refractivity contribution in [2.75, 3.05) is 4.43 Å². The molecule has 0 bridgehead atoms. The van der Waals surface area contributed by atoms with Crippen molar-refractivity contribution in [1.82, 2.24) is 0 Å². The molecule has 0 aromatic carbocycles. The third-order valence-electron chi connectivity index (χ3n) is 7.63. The second-order valence-corrected chi connectivity index (χ2v) is 12.2. The highest BCUT2D eigenvalue weighted by molar-refractivity contribution is 14.1. The number of halogens is 1. The predicted molar refractivity (Wildman–Crippen MR) is 166 cm³/mol. The number of alkyl halides is 1. The smallest absolute Gasteiger partial charge is 0.303 e. The molecule has 0 aliphatic heterocycles. The Balaban J connectivity index is 2.77. The maximum Gasteiger partial charge on any atom is 0.303 e. The third kappa shape index (κ3) is 17.3. The van der Waals surface area contributed by atoms with Crippen molar-refractivity contribution in [1.29, 1.82) is 0 Å². The van der Waals surface area contributed by atoms with Crippen molar-refractivity contribution in [2.45, 2.75) is 155 Å². The SMILES string of the molecule is CCCCCCCCCCCC[C@@H](/C=C/[C@@H]1[C@@H](CCCCCCI)[C@@H](OC(C)=O)C[C@H]1OC(C)=O)OC(C)=O. The molecule has 1 aliphatic carbocycles. The van der Waals surface area contributed by atoms with Crippen LogP contribution in [-0.2, 0) is 28.6 Å². The average molecular weight is 663 g/mol. The van der Waals surface area contributed by atoms with Gasteiger partial charge in [-0.05, 0) is 36.2 Å². The molecule has 5 atom stereocenters. The van der Waals surface area contributed by atoms with Crippen LogP contribution in [0.15, 0.2) is 12.2 Å². The number of carbonyl (C=O) groups is 3. The van der Waals surface area contributed by atoms with E-state index in [0.29, 0.717) is 6.42 Å². The molecule has 0 radical (unpaired) electrons. The summed E-state index contributed by atoms with van der Waals surface area (Å²) in [6, 6.07) is 0. The lowest BCUT2D eigenvalue weighted by molar-refractivity contribution is -0.149. The minimum Gasteiger partial charge on any atom is -0.462 e. The lowest BCUT2D eigenvalue weighted by Gasteiger charge is -2.24.